The molecule has 8 heteroatoms. The zero-order valence-electron chi connectivity index (χ0n) is 21.2. The Bertz CT molecular complexity index is 1390. The van der Waals surface area contributed by atoms with Crippen molar-refractivity contribution in [3.05, 3.63) is 59.2 Å². The van der Waals surface area contributed by atoms with Crippen LogP contribution in [0.1, 0.15) is 47.2 Å². The average Bonchev–Trinajstić information content (AvgIpc) is 3.51. The average molecular weight is 487 g/mol. The highest BCUT2D eigenvalue weighted by Gasteiger charge is 2.28. The monoisotopic (exact) mass is 486 g/mol. The highest BCUT2D eigenvalue weighted by Crippen LogP contribution is 2.24. The summed E-state index contributed by atoms with van der Waals surface area (Å²) >= 11 is 0. The van der Waals surface area contributed by atoms with Gasteiger partial charge < -0.3 is 19.2 Å². The fourth-order valence-corrected chi connectivity index (χ4v) is 5.74. The number of benzene rings is 1. The first kappa shape index (κ1) is 23.2. The van der Waals surface area contributed by atoms with Crippen LogP contribution in [0, 0.1) is 6.92 Å². The second-order valence-electron chi connectivity index (χ2n) is 10.0. The van der Waals surface area contributed by atoms with Gasteiger partial charge in [0, 0.05) is 55.7 Å². The maximum atomic E-state index is 13.3. The van der Waals surface area contributed by atoms with Crippen molar-refractivity contribution in [1.82, 2.24) is 29.3 Å². The first-order valence-electron chi connectivity index (χ1n) is 13.1. The molecule has 0 unspecified atom stereocenters. The minimum atomic E-state index is 0.0988. The van der Waals surface area contributed by atoms with Gasteiger partial charge >= 0.3 is 0 Å². The molecule has 1 amide bonds. The number of ether oxygens (including phenoxy) is 1. The molecule has 0 saturated carbocycles. The van der Waals surface area contributed by atoms with Crippen LogP contribution in [0.25, 0.3) is 22.1 Å². The molecule has 8 nitrogen and oxygen atoms in total. The van der Waals surface area contributed by atoms with Crippen molar-refractivity contribution in [2.75, 3.05) is 39.4 Å². The van der Waals surface area contributed by atoms with Gasteiger partial charge in [-0.05, 0) is 55.2 Å². The molecule has 2 aliphatic heterocycles. The number of nitrogens with zero attached hydrogens (tertiary/aromatic N) is 5. The molecule has 6 rings (SSSR count). The summed E-state index contributed by atoms with van der Waals surface area (Å²) in [6.45, 7) is 10.2. The van der Waals surface area contributed by atoms with E-state index in [0.717, 1.165) is 92.1 Å². The van der Waals surface area contributed by atoms with Gasteiger partial charge in [-0.3, -0.25) is 9.69 Å². The van der Waals surface area contributed by atoms with Crippen molar-refractivity contribution in [3.8, 4) is 0 Å². The lowest BCUT2D eigenvalue weighted by atomic mass is 10.0. The van der Waals surface area contributed by atoms with Gasteiger partial charge in [0.05, 0.1) is 19.8 Å². The van der Waals surface area contributed by atoms with E-state index in [1.54, 1.807) is 0 Å². The largest absolute Gasteiger partial charge is 0.379 e. The number of likely N-dealkylation sites (tertiary alicyclic amines) is 1. The van der Waals surface area contributed by atoms with Crippen LogP contribution in [0.5, 0.6) is 0 Å². The zero-order chi connectivity index (χ0) is 24.6. The summed E-state index contributed by atoms with van der Waals surface area (Å²) in [5, 5.41) is 1.06. The molecule has 0 radical (unpaired) electrons. The maximum absolute atomic E-state index is 13.3. The lowest BCUT2D eigenvalue weighted by Gasteiger charge is -2.40. The summed E-state index contributed by atoms with van der Waals surface area (Å²) in [5.74, 6) is 1.14. The Kier molecular flexibility index (Phi) is 6.23. The Morgan fingerprint density at radius 3 is 2.69 bits per heavy atom. The third-order valence-corrected chi connectivity index (χ3v) is 7.80. The summed E-state index contributed by atoms with van der Waals surface area (Å²) in [6, 6.07) is 11.0. The maximum Gasteiger partial charge on any atom is 0.270 e. The number of hydrogen-bond acceptors (Lipinski definition) is 5. The van der Waals surface area contributed by atoms with E-state index in [0.29, 0.717) is 18.3 Å². The van der Waals surface area contributed by atoms with Gasteiger partial charge in [-0.25, -0.2) is 9.97 Å². The number of carbonyl (C=O) groups excluding carboxylic acids is 1. The second kappa shape index (κ2) is 9.67. The molecule has 4 aromatic rings. The first-order valence-corrected chi connectivity index (χ1v) is 13.1. The van der Waals surface area contributed by atoms with Crippen LogP contribution in [-0.4, -0.2) is 80.7 Å². The summed E-state index contributed by atoms with van der Waals surface area (Å²) in [7, 11) is 0. The molecule has 0 spiro atoms. The van der Waals surface area contributed by atoms with Crippen molar-refractivity contribution in [2.45, 2.75) is 45.7 Å². The predicted molar refractivity (Wildman–Crippen MR) is 140 cm³/mol. The predicted octanol–water partition coefficient (Wildman–Crippen LogP) is 3.77. The van der Waals surface area contributed by atoms with Crippen molar-refractivity contribution >= 4 is 28.0 Å². The minimum absolute atomic E-state index is 0.0988. The van der Waals surface area contributed by atoms with Gasteiger partial charge in [0.1, 0.15) is 17.0 Å². The molecule has 0 atom stereocenters. The normalized spacial score (nSPS) is 17.9. The number of rotatable bonds is 5. The number of fused-ring (bicyclic) bond motifs is 2. The van der Waals surface area contributed by atoms with Crippen LogP contribution in [0.4, 0.5) is 0 Å². The van der Waals surface area contributed by atoms with E-state index < -0.39 is 0 Å². The minimum Gasteiger partial charge on any atom is -0.379 e. The number of aryl methyl sites for hydroxylation is 2. The van der Waals surface area contributed by atoms with Crippen molar-refractivity contribution < 1.29 is 9.53 Å². The van der Waals surface area contributed by atoms with Crippen LogP contribution >= 0.6 is 0 Å². The molecule has 1 aromatic carbocycles. The van der Waals surface area contributed by atoms with Crippen LogP contribution < -0.4 is 0 Å². The molecule has 5 heterocycles. The molecule has 2 saturated heterocycles. The van der Waals surface area contributed by atoms with Crippen LogP contribution in [0.15, 0.2) is 36.5 Å². The van der Waals surface area contributed by atoms with Gasteiger partial charge in [-0.2, -0.15) is 0 Å². The topological polar surface area (TPSA) is 79.3 Å². The second-order valence-corrected chi connectivity index (χ2v) is 10.0. The zero-order valence-corrected chi connectivity index (χ0v) is 21.2. The fourth-order valence-electron chi connectivity index (χ4n) is 5.74. The number of aromatic amines is 1. The molecule has 2 fully saturated rings. The lowest BCUT2D eigenvalue weighted by molar-refractivity contribution is 0.00154. The molecule has 1 N–H and O–H groups in total. The Labute approximate surface area is 211 Å². The van der Waals surface area contributed by atoms with E-state index in [1.807, 2.05) is 23.2 Å². The van der Waals surface area contributed by atoms with E-state index >= 15 is 0 Å². The van der Waals surface area contributed by atoms with E-state index in [4.69, 9.17) is 9.72 Å². The van der Waals surface area contributed by atoms with Gasteiger partial charge in [0.15, 0.2) is 5.65 Å². The summed E-state index contributed by atoms with van der Waals surface area (Å²) in [4.78, 5) is 30.6. The molecule has 36 heavy (non-hydrogen) atoms. The molecule has 0 aliphatic carbocycles. The summed E-state index contributed by atoms with van der Waals surface area (Å²) in [6.07, 6.45) is 4.76. The Balaban J connectivity index is 1.18. The Morgan fingerprint density at radius 1 is 1.11 bits per heavy atom. The number of hydrogen-bond donors (Lipinski definition) is 1. The number of H-pyrrole nitrogens is 1. The van der Waals surface area contributed by atoms with Crippen LogP contribution in [0.2, 0.25) is 0 Å². The van der Waals surface area contributed by atoms with Crippen molar-refractivity contribution in [3.63, 3.8) is 0 Å². The highest BCUT2D eigenvalue weighted by atomic mass is 16.5. The van der Waals surface area contributed by atoms with Gasteiger partial charge in [-0.15, -0.1) is 0 Å². The quantitative estimate of drug-likeness (QED) is 0.465. The van der Waals surface area contributed by atoms with Crippen LogP contribution in [0.3, 0.4) is 0 Å². The Morgan fingerprint density at radius 2 is 1.92 bits per heavy atom. The summed E-state index contributed by atoms with van der Waals surface area (Å²) in [5.41, 5.74) is 5.88. The van der Waals surface area contributed by atoms with E-state index in [1.165, 1.54) is 5.56 Å². The number of carbonyl (C=O) groups is 1. The highest BCUT2D eigenvalue weighted by molar-refractivity contribution is 5.98. The van der Waals surface area contributed by atoms with E-state index in [9.17, 15) is 4.79 Å². The first-order chi connectivity index (χ1) is 17.6. The number of morpholine rings is 1. The smallest absolute Gasteiger partial charge is 0.270 e. The molecular weight excluding hydrogens is 452 g/mol. The fraction of sp³-hybridized carbons (Fsp3) is 0.464. The number of amides is 1. The van der Waals surface area contributed by atoms with Crippen LogP contribution in [-0.2, 0) is 17.7 Å². The molecule has 3 aromatic heterocycles. The Hall–Kier alpha value is -3.23. The standard InChI is InChI=1S/C28H34N6O2/c1-3-25-31-26-19(2)6-9-29-27(26)34(25)18-20-4-5-23-21(16-20)17-24(30-23)28(35)33-10-7-22(8-11-33)32-12-14-36-15-13-32/h4-6,9,16-17,22,30H,3,7-8,10-15,18H2,1-2H3. The third kappa shape index (κ3) is 4.29. The number of piperidine rings is 1. The van der Waals surface area contributed by atoms with Gasteiger partial charge in [0.2, 0.25) is 0 Å². The number of imidazole rings is 1. The molecular formula is C28H34N6O2. The third-order valence-electron chi connectivity index (χ3n) is 7.80. The lowest BCUT2D eigenvalue weighted by Crippen LogP contribution is -2.50. The summed E-state index contributed by atoms with van der Waals surface area (Å²) < 4.78 is 7.70. The number of nitrogens with one attached hydrogen (secondary N) is 1. The van der Waals surface area contributed by atoms with Crippen molar-refractivity contribution in [1.29, 1.82) is 0 Å². The number of pyridine rings is 1. The van der Waals surface area contributed by atoms with E-state index in [-0.39, 0.29) is 5.91 Å². The molecule has 0 bridgehead atoms. The molecule has 2 aliphatic rings. The number of aromatic nitrogens is 4. The van der Waals surface area contributed by atoms with E-state index in [2.05, 4.69) is 51.5 Å². The van der Waals surface area contributed by atoms with Gasteiger partial charge in [-0.1, -0.05) is 13.0 Å². The SMILES string of the molecule is CCc1nc2c(C)ccnc2n1Cc1ccc2[nH]c(C(=O)N3CCC(N4CCOCC4)CC3)cc2c1. The molecule has 188 valence electrons. The van der Waals surface area contributed by atoms with Gasteiger partial charge in [0.25, 0.3) is 5.91 Å². The van der Waals surface area contributed by atoms with Crippen molar-refractivity contribution in [2.24, 2.45) is 0 Å².